The van der Waals surface area contributed by atoms with Gasteiger partial charge in [0, 0.05) is 24.2 Å². The maximum Gasteiger partial charge on any atom is 0.277 e. The van der Waals surface area contributed by atoms with Crippen molar-refractivity contribution in [2.75, 3.05) is 0 Å². The summed E-state index contributed by atoms with van der Waals surface area (Å²) in [5.41, 5.74) is 1.17. The number of rotatable bonds is 3. The first kappa shape index (κ1) is 22.5. The van der Waals surface area contributed by atoms with Gasteiger partial charge in [0.25, 0.3) is 5.56 Å². The molecule has 0 aliphatic rings. The van der Waals surface area contributed by atoms with Crippen molar-refractivity contribution in [3.63, 3.8) is 0 Å². The van der Waals surface area contributed by atoms with Crippen LogP contribution in [-0.4, -0.2) is 29.7 Å². The third-order valence-corrected chi connectivity index (χ3v) is 4.45. The van der Waals surface area contributed by atoms with Crippen molar-refractivity contribution in [3.8, 4) is 22.8 Å². The largest absolute Gasteiger partial charge is 0.506 e. The fraction of sp³-hybridized carbons (Fsp3) is 0.333. The summed E-state index contributed by atoms with van der Waals surface area (Å²) in [5, 5.41) is 19.7. The van der Waals surface area contributed by atoms with Crippen molar-refractivity contribution in [1.82, 2.24) is 19.5 Å². The molecule has 0 saturated heterocycles. The first-order valence-corrected chi connectivity index (χ1v) is 9.62. The Morgan fingerprint density at radius 3 is 2.38 bits per heavy atom. The monoisotopic (exact) mass is 416 g/mol. The molecule has 3 aromatic rings. The normalized spacial score (nSPS) is 11.0. The molecule has 0 aliphatic carbocycles. The second-order valence-electron chi connectivity index (χ2n) is 6.81. The highest BCUT2D eigenvalue weighted by atomic mass is 35.5. The third kappa shape index (κ3) is 4.63. The Morgan fingerprint density at radius 2 is 1.76 bits per heavy atom. The minimum Gasteiger partial charge on any atom is -0.506 e. The topological polar surface area (TPSA) is 101 Å². The molecule has 8 heteroatoms. The van der Waals surface area contributed by atoms with Crippen LogP contribution in [0.25, 0.3) is 17.1 Å². The van der Waals surface area contributed by atoms with E-state index in [1.807, 2.05) is 20.8 Å². The predicted molar refractivity (Wildman–Crippen MR) is 114 cm³/mol. The standard InChI is InChI=1S/C19H19ClN4O3.C2H6/c1-10-9-22-13(12-5-6-21-18(23-12)19(3,4)27)8-14(10)24-11(2)7-15(25)16(20)17(24)26;1-2/h5-9,25,27H,1-4H3;1-2H3. The molecular formula is C21H25ClN4O3. The van der Waals surface area contributed by atoms with Gasteiger partial charge < -0.3 is 10.2 Å². The van der Waals surface area contributed by atoms with E-state index in [9.17, 15) is 15.0 Å². The minimum atomic E-state index is -1.19. The zero-order valence-corrected chi connectivity index (χ0v) is 18.1. The summed E-state index contributed by atoms with van der Waals surface area (Å²) in [4.78, 5) is 25.4. The van der Waals surface area contributed by atoms with Crippen molar-refractivity contribution in [2.45, 2.75) is 47.1 Å². The molecule has 0 fully saturated rings. The molecule has 0 saturated carbocycles. The molecule has 154 valence electrons. The highest BCUT2D eigenvalue weighted by molar-refractivity contribution is 6.31. The van der Waals surface area contributed by atoms with Gasteiger partial charge in [-0.1, -0.05) is 25.4 Å². The fourth-order valence-electron chi connectivity index (χ4n) is 2.68. The number of nitrogens with zero attached hydrogens (tertiary/aromatic N) is 4. The van der Waals surface area contributed by atoms with Crippen molar-refractivity contribution < 1.29 is 10.2 Å². The molecule has 0 atom stereocenters. The molecule has 29 heavy (non-hydrogen) atoms. The van der Waals surface area contributed by atoms with Crippen molar-refractivity contribution in [3.05, 3.63) is 63.1 Å². The number of pyridine rings is 2. The zero-order valence-electron chi connectivity index (χ0n) is 17.4. The van der Waals surface area contributed by atoms with E-state index in [1.54, 1.807) is 45.3 Å². The van der Waals surface area contributed by atoms with Gasteiger partial charge in [0.2, 0.25) is 0 Å². The second kappa shape index (κ2) is 8.71. The summed E-state index contributed by atoms with van der Waals surface area (Å²) in [5.74, 6) is 0.0120. The molecule has 3 aromatic heterocycles. The molecule has 0 amide bonds. The van der Waals surface area contributed by atoms with Gasteiger partial charge in [0.1, 0.15) is 16.4 Å². The van der Waals surface area contributed by atoms with Crippen LogP contribution in [0.5, 0.6) is 5.75 Å². The van der Waals surface area contributed by atoms with Crippen molar-refractivity contribution in [2.24, 2.45) is 0 Å². The number of aromatic hydroxyl groups is 1. The van der Waals surface area contributed by atoms with E-state index in [0.717, 1.165) is 5.56 Å². The Bertz CT molecular complexity index is 1090. The first-order valence-electron chi connectivity index (χ1n) is 9.24. The first-order chi connectivity index (χ1) is 13.6. The van der Waals surface area contributed by atoms with E-state index in [-0.39, 0.29) is 16.6 Å². The highest BCUT2D eigenvalue weighted by Crippen LogP contribution is 2.26. The van der Waals surface area contributed by atoms with Gasteiger partial charge in [-0.15, -0.1) is 0 Å². The summed E-state index contributed by atoms with van der Waals surface area (Å²) in [6, 6.07) is 4.82. The smallest absolute Gasteiger partial charge is 0.277 e. The summed E-state index contributed by atoms with van der Waals surface area (Å²) in [6.07, 6.45) is 3.18. The lowest BCUT2D eigenvalue weighted by molar-refractivity contribution is 0.0688. The van der Waals surface area contributed by atoms with Crippen LogP contribution in [0.15, 0.2) is 35.4 Å². The Morgan fingerprint density at radius 1 is 1.10 bits per heavy atom. The van der Waals surface area contributed by atoms with Gasteiger partial charge in [0.05, 0.1) is 17.1 Å². The van der Waals surface area contributed by atoms with E-state index in [4.69, 9.17) is 11.6 Å². The molecule has 3 rings (SSSR count). The number of halogens is 1. The van der Waals surface area contributed by atoms with E-state index < -0.39 is 11.2 Å². The van der Waals surface area contributed by atoms with Crippen LogP contribution in [0.3, 0.4) is 0 Å². The number of hydrogen-bond donors (Lipinski definition) is 2. The van der Waals surface area contributed by atoms with Crippen molar-refractivity contribution in [1.29, 1.82) is 0 Å². The van der Waals surface area contributed by atoms with E-state index in [1.165, 1.54) is 10.6 Å². The van der Waals surface area contributed by atoms with Gasteiger partial charge in [-0.3, -0.25) is 14.3 Å². The van der Waals surface area contributed by atoms with Crippen molar-refractivity contribution >= 4 is 11.6 Å². The molecular weight excluding hydrogens is 392 g/mol. The summed E-state index contributed by atoms with van der Waals surface area (Å²) in [7, 11) is 0. The maximum atomic E-state index is 12.6. The molecule has 0 aromatic carbocycles. The van der Waals surface area contributed by atoms with E-state index >= 15 is 0 Å². The lowest BCUT2D eigenvalue weighted by atomic mass is 10.1. The van der Waals surface area contributed by atoms with E-state index in [2.05, 4.69) is 15.0 Å². The lowest BCUT2D eigenvalue weighted by Crippen LogP contribution is -2.22. The Hall–Kier alpha value is -2.77. The third-order valence-electron chi connectivity index (χ3n) is 4.09. The molecule has 0 unspecified atom stereocenters. The zero-order chi connectivity index (χ0) is 21.9. The summed E-state index contributed by atoms with van der Waals surface area (Å²) in [6.45, 7) is 10.7. The van der Waals surface area contributed by atoms with Crippen LogP contribution in [0, 0.1) is 13.8 Å². The quantitative estimate of drug-likeness (QED) is 0.671. The molecule has 0 bridgehead atoms. The molecule has 0 aliphatic heterocycles. The van der Waals surface area contributed by atoms with E-state index in [0.29, 0.717) is 22.8 Å². The number of hydrogen-bond acceptors (Lipinski definition) is 6. The lowest BCUT2D eigenvalue weighted by Gasteiger charge is -2.17. The molecule has 2 N–H and O–H groups in total. The van der Waals surface area contributed by atoms with Crippen LogP contribution in [0.4, 0.5) is 0 Å². The van der Waals surface area contributed by atoms with Gasteiger partial charge in [0.15, 0.2) is 5.82 Å². The molecule has 7 nitrogen and oxygen atoms in total. The summed E-state index contributed by atoms with van der Waals surface area (Å²) >= 11 is 5.94. The Balaban J connectivity index is 0.00000145. The SMILES string of the molecule is CC.Cc1cnc(-c2ccnc(C(C)(C)O)n2)cc1-n1c(C)cc(O)c(Cl)c1=O. The Kier molecular flexibility index (Phi) is 6.77. The number of aromatic nitrogens is 4. The van der Waals surface area contributed by atoms with Gasteiger partial charge in [-0.05, 0) is 45.4 Å². The van der Waals surface area contributed by atoms with Gasteiger partial charge in [-0.2, -0.15) is 0 Å². The average molecular weight is 417 g/mol. The fourth-order valence-corrected chi connectivity index (χ4v) is 2.82. The Labute approximate surface area is 174 Å². The molecule has 0 radical (unpaired) electrons. The summed E-state index contributed by atoms with van der Waals surface area (Å²) < 4.78 is 1.42. The number of aryl methyl sites for hydroxylation is 2. The second-order valence-corrected chi connectivity index (χ2v) is 7.18. The molecule has 0 spiro atoms. The van der Waals surface area contributed by atoms with Gasteiger partial charge >= 0.3 is 0 Å². The highest BCUT2D eigenvalue weighted by Gasteiger charge is 2.21. The van der Waals surface area contributed by atoms with Crippen LogP contribution in [0.1, 0.15) is 44.8 Å². The van der Waals surface area contributed by atoms with Gasteiger partial charge in [-0.25, -0.2) is 9.97 Å². The predicted octanol–water partition coefficient (Wildman–Crippen LogP) is 3.92. The van der Waals surface area contributed by atoms with Crippen LogP contribution < -0.4 is 5.56 Å². The van der Waals surface area contributed by atoms with Crippen LogP contribution in [0.2, 0.25) is 5.02 Å². The maximum absolute atomic E-state index is 12.6. The van der Waals surface area contributed by atoms with Crippen LogP contribution in [-0.2, 0) is 5.60 Å². The average Bonchev–Trinajstić information content (AvgIpc) is 2.68. The number of aliphatic hydroxyl groups is 1. The molecule has 3 heterocycles. The minimum absolute atomic E-state index is 0.246. The van der Waals surface area contributed by atoms with Crippen LogP contribution >= 0.6 is 11.6 Å².